The van der Waals surface area contributed by atoms with Crippen molar-refractivity contribution in [3.63, 3.8) is 0 Å². The van der Waals surface area contributed by atoms with E-state index in [0.29, 0.717) is 5.56 Å². The van der Waals surface area contributed by atoms with Crippen molar-refractivity contribution in [3.05, 3.63) is 40.9 Å². The van der Waals surface area contributed by atoms with Crippen molar-refractivity contribution in [3.8, 4) is 0 Å². The standard InChI is InChI=1S/C12H11NO2S2/c1-2-9-6-8(12(14)15)7-10(13-9)17-11-4-3-5-16-11/h3-7H,2H2,1H3,(H,14,15). The number of rotatable bonds is 4. The zero-order valence-electron chi connectivity index (χ0n) is 9.21. The number of aromatic nitrogens is 1. The van der Waals surface area contributed by atoms with E-state index in [9.17, 15) is 4.79 Å². The highest BCUT2D eigenvalue weighted by Crippen LogP contribution is 2.30. The molecule has 0 radical (unpaired) electrons. The molecule has 0 aromatic carbocycles. The van der Waals surface area contributed by atoms with Crippen molar-refractivity contribution >= 4 is 29.1 Å². The molecule has 0 atom stereocenters. The third-order valence-corrected chi connectivity index (χ3v) is 4.12. The number of carboxylic acids is 1. The Morgan fingerprint density at radius 1 is 1.53 bits per heavy atom. The highest BCUT2D eigenvalue weighted by molar-refractivity contribution is 8.01. The fourth-order valence-corrected chi connectivity index (χ4v) is 3.11. The number of aromatic carboxylic acids is 1. The molecule has 3 nitrogen and oxygen atoms in total. The van der Waals surface area contributed by atoms with Crippen LogP contribution in [0.2, 0.25) is 0 Å². The molecule has 0 aliphatic heterocycles. The van der Waals surface area contributed by atoms with Crippen LogP contribution in [0.4, 0.5) is 0 Å². The summed E-state index contributed by atoms with van der Waals surface area (Å²) >= 11 is 3.12. The molecule has 0 saturated heterocycles. The number of hydrogen-bond donors (Lipinski definition) is 1. The normalized spacial score (nSPS) is 10.4. The Hall–Kier alpha value is -1.33. The van der Waals surface area contributed by atoms with Gasteiger partial charge in [-0.2, -0.15) is 0 Å². The van der Waals surface area contributed by atoms with E-state index in [1.54, 1.807) is 23.5 Å². The first kappa shape index (κ1) is 12.1. The average Bonchev–Trinajstić information content (AvgIpc) is 2.81. The SMILES string of the molecule is CCc1cc(C(=O)O)cc(Sc2cccs2)n1. The molecule has 2 heterocycles. The third-order valence-electron chi connectivity index (χ3n) is 2.16. The van der Waals surface area contributed by atoms with Crippen molar-refractivity contribution in [1.29, 1.82) is 0 Å². The van der Waals surface area contributed by atoms with Crippen LogP contribution in [0.3, 0.4) is 0 Å². The van der Waals surface area contributed by atoms with E-state index in [1.165, 1.54) is 11.8 Å². The van der Waals surface area contributed by atoms with Crippen LogP contribution < -0.4 is 0 Å². The quantitative estimate of drug-likeness (QED) is 0.918. The summed E-state index contributed by atoms with van der Waals surface area (Å²) in [7, 11) is 0. The number of carbonyl (C=O) groups is 1. The predicted molar refractivity (Wildman–Crippen MR) is 69.0 cm³/mol. The molecule has 2 aromatic heterocycles. The highest BCUT2D eigenvalue weighted by atomic mass is 32.2. The summed E-state index contributed by atoms with van der Waals surface area (Å²) in [6, 6.07) is 7.21. The Morgan fingerprint density at radius 2 is 2.35 bits per heavy atom. The minimum absolute atomic E-state index is 0.302. The first-order chi connectivity index (χ1) is 8.19. The summed E-state index contributed by atoms with van der Waals surface area (Å²) in [5.74, 6) is -0.907. The first-order valence-corrected chi connectivity index (χ1v) is 6.84. The molecular formula is C12H11NO2S2. The second kappa shape index (κ2) is 5.33. The van der Waals surface area contributed by atoms with Crippen LogP contribution in [0.1, 0.15) is 23.0 Å². The van der Waals surface area contributed by atoms with Crippen LogP contribution in [0.25, 0.3) is 0 Å². The Labute approximate surface area is 108 Å². The molecule has 2 rings (SSSR count). The van der Waals surface area contributed by atoms with Crippen LogP contribution in [0.5, 0.6) is 0 Å². The molecular weight excluding hydrogens is 254 g/mol. The average molecular weight is 265 g/mol. The molecule has 5 heteroatoms. The largest absolute Gasteiger partial charge is 0.478 e. The van der Waals surface area contributed by atoms with E-state index < -0.39 is 5.97 Å². The molecule has 17 heavy (non-hydrogen) atoms. The number of aryl methyl sites for hydroxylation is 1. The van der Waals surface area contributed by atoms with E-state index in [0.717, 1.165) is 21.3 Å². The van der Waals surface area contributed by atoms with Gasteiger partial charge in [0, 0.05) is 5.69 Å². The zero-order chi connectivity index (χ0) is 12.3. The van der Waals surface area contributed by atoms with Gasteiger partial charge in [0.2, 0.25) is 0 Å². The van der Waals surface area contributed by atoms with E-state index in [2.05, 4.69) is 4.98 Å². The summed E-state index contributed by atoms with van der Waals surface area (Å²) in [6.07, 6.45) is 0.735. The van der Waals surface area contributed by atoms with Crippen molar-refractivity contribution in [2.45, 2.75) is 22.6 Å². The number of carboxylic acid groups (broad SMARTS) is 1. The van der Waals surface area contributed by atoms with E-state index in [1.807, 2.05) is 24.4 Å². The van der Waals surface area contributed by atoms with Gasteiger partial charge in [0.25, 0.3) is 0 Å². The lowest BCUT2D eigenvalue weighted by molar-refractivity contribution is 0.0696. The van der Waals surface area contributed by atoms with Gasteiger partial charge in [0.1, 0.15) is 5.03 Å². The molecule has 0 amide bonds. The second-order valence-corrected chi connectivity index (χ2v) is 5.65. The minimum Gasteiger partial charge on any atom is -0.478 e. The second-order valence-electron chi connectivity index (χ2n) is 3.38. The Kier molecular flexibility index (Phi) is 3.81. The molecule has 0 bridgehead atoms. The van der Waals surface area contributed by atoms with Gasteiger partial charge in [-0.1, -0.05) is 24.8 Å². The monoisotopic (exact) mass is 265 g/mol. The molecule has 0 unspecified atom stereocenters. The molecule has 0 aliphatic carbocycles. The highest BCUT2D eigenvalue weighted by Gasteiger charge is 2.09. The maximum Gasteiger partial charge on any atom is 0.335 e. The van der Waals surface area contributed by atoms with Gasteiger partial charge in [-0.25, -0.2) is 9.78 Å². The van der Waals surface area contributed by atoms with E-state index in [-0.39, 0.29) is 0 Å². The molecule has 0 spiro atoms. The fourth-order valence-electron chi connectivity index (χ4n) is 1.34. The molecule has 0 aliphatic rings. The Balaban J connectivity index is 2.33. The van der Waals surface area contributed by atoms with Crippen LogP contribution >= 0.6 is 23.1 Å². The van der Waals surface area contributed by atoms with E-state index in [4.69, 9.17) is 5.11 Å². The summed E-state index contributed by atoms with van der Waals surface area (Å²) in [6.45, 7) is 1.97. The molecule has 1 N–H and O–H groups in total. The van der Waals surface area contributed by atoms with Gasteiger partial charge in [-0.3, -0.25) is 0 Å². The summed E-state index contributed by atoms with van der Waals surface area (Å²) in [5.41, 5.74) is 1.11. The summed E-state index contributed by atoms with van der Waals surface area (Å²) in [5, 5.41) is 11.8. The topological polar surface area (TPSA) is 50.2 Å². The van der Waals surface area contributed by atoms with Crippen LogP contribution in [0, 0.1) is 0 Å². The van der Waals surface area contributed by atoms with Gasteiger partial charge < -0.3 is 5.11 Å². The third kappa shape index (κ3) is 3.08. The number of pyridine rings is 1. The number of nitrogens with zero attached hydrogens (tertiary/aromatic N) is 1. The molecule has 2 aromatic rings. The zero-order valence-corrected chi connectivity index (χ0v) is 10.8. The molecule has 0 saturated carbocycles. The van der Waals surface area contributed by atoms with Crippen molar-refractivity contribution in [2.24, 2.45) is 0 Å². The first-order valence-electron chi connectivity index (χ1n) is 5.14. The smallest absolute Gasteiger partial charge is 0.335 e. The summed E-state index contributed by atoms with van der Waals surface area (Å²) < 4.78 is 1.11. The van der Waals surface area contributed by atoms with Crippen LogP contribution in [-0.4, -0.2) is 16.1 Å². The Bertz CT molecular complexity index is 523. The molecule has 88 valence electrons. The lowest BCUT2D eigenvalue weighted by Gasteiger charge is -2.03. The van der Waals surface area contributed by atoms with Gasteiger partial charge >= 0.3 is 5.97 Å². The van der Waals surface area contributed by atoms with Crippen LogP contribution in [-0.2, 0) is 6.42 Å². The predicted octanol–water partition coefficient (Wildman–Crippen LogP) is 3.55. The maximum absolute atomic E-state index is 11.0. The lowest BCUT2D eigenvalue weighted by Crippen LogP contribution is -2.00. The van der Waals surface area contributed by atoms with Gasteiger partial charge in [-0.05, 0) is 30.0 Å². The molecule has 0 fully saturated rings. The van der Waals surface area contributed by atoms with E-state index >= 15 is 0 Å². The van der Waals surface area contributed by atoms with Gasteiger partial charge in [-0.15, -0.1) is 11.3 Å². The van der Waals surface area contributed by atoms with Crippen LogP contribution in [0.15, 0.2) is 38.9 Å². The van der Waals surface area contributed by atoms with Gasteiger partial charge in [0.15, 0.2) is 0 Å². The fraction of sp³-hybridized carbons (Fsp3) is 0.167. The van der Waals surface area contributed by atoms with Crippen molar-refractivity contribution in [2.75, 3.05) is 0 Å². The number of thiophene rings is 1. The Morgan fingerprint density at radius 3 is 2.94 bits per heavy atom. The van der Waals surface area contributed by atoms with Crippen molar-refractivity contribution < 1.29 is 9.90 Å². The lowest BCUT2D eigenvalue weighted by atomic mass is 10.2. The number of hydrogen-bond acceptors (Lipinski definition) is 4. The maximum atomic E-state index is 11.0. The van der Waals surface area contributed by atoms with Gasteiger partial charge in [0.05, 0.1) is 9.77 Å². The summed E-state index contributed by atoms with van der Waals surface area (Å²) in [4.78, 5) is 15.4. The van der Waals surface area contributed by atoms with Crippen molar-refractivity contribution in [1.82, 2.24) is 4.98 Å². The minimum atomic E-state index is -0.907.